The van der Waals surface area contributed by atoms with Crippen LogP contribution in [0.1, 0.15) is 52.4 Å². The Hall–Kier alpha value is -0.0400. The minimum atomic E-state index is 0.686. The summed E-state index contributed by atoms with van der Waals surface area (Å²) in [5.74, 6) is 0.966. The first-order valence-corrected chi connectivity index (χ1v) is 5.91. The molecule has 0 aromatic rings. The van der Waals surface area contributed by atoms with E-state index in [4.69, 9.17) is 0 Å². The first-order chi connectivity index (χ1) is 6.26. The molecule has 0 bridgehead atoms. The fraction of sp³-hybridized carbons (Fsp3) is 1.00. The summed E-state index contributed by atoms with van der Waals surface area (Å²) in [4.78, 5) is 0. The van der Waals surface area contributed by atoms with Gasteiger partial charge in [0.1, 0.15) is 0 Å². The Morgan fingerprint density at radius 2 is 1.85 bits per heavy atom. The second-order valence-corrected chi connectivity index (χ2v) is 4.77. The molecule has 1 aliphatic rings. The summed E-state index contributed by atoms with van der Waals surface area (Å²) < 4.78 is 0. The van der Waals surface area contributed by atoms with Crippen molar-refractivity contribution in [2.24, 2.45) is 11.3 Å². The van der Waals surface area contributed by atoms with Gasteiger partial charge in [0.2, 0.25) is 0 Å². The molecule has 0 spiro atoms. The molecule has 1 fully saturated rings. The molecule has 0 aromatic heterocycles. The van der Waals surface area contributed by atoms with Crippen molar-refractivity contribution in [3.8, 4) is 0 Å². The summed E-state index contributed by atoms with van der Waals surface area (Å²) in [5.41, 5.74) is 0.686. The molecule has 0 radical (unpaired) electrons. The molecule has 0 aliphatic heterocycles. The van der Waals surface area contributed by atoms with Gasteiger partial charge in [0, 0.05) is 6.54 Å². The smallest absolute Gasteiger partial charge is 0.000490 e. The van der Waals surface area contributed by atoms with Crippen molar-refractivity contribution in [1.82, 2.24) is 5.32 Å². The molecule has 0 heterocycles. The summed E-state index contributed by atoms with van der Waals surface area (Å²) in [6, 6.07) is 0. The van der Waals surface area contributed by atoms with Crippen molar-refractivity contribution in [3.63, 3.8) is 0 Å². The van der Waals surface area contributed by atoms with Crippen LogP contribution in [0, 0.1) is 11.3 Å². The lowest BCUT2D eigenvalue weighted by Crippen LogP contribution is -2.40. The molecular formula is C12H25N. The normalized spacial score (nSPS) is 20.3. The van der Waals surface area contributed by atoms with Gasteiger partial charge in [-0.2, -0.15) is 0 Å². The number of nitrogens with one attached hydrogen (secondary N) is 1. The van der Waals surface area contributed by atoms with Crippen LogP contribution in [0.2, 0.25) is 0 Å². The Morgan fingerprint density at radius 3 is 2.15 bits per heavy atom. The van der Waals surface area contributed by atoms with Crippen LogP contribution in [-0.4, -0.2) is 13.6 Å². The third-order valence-electron chi connectivity index (χ3n) is 3.84. The van der Waals surface area contributed by atoms with E-state index >= 15 is 0 Å². The quantitative estimate of drug-likeness (QED) is 0.667. The van der Waals surface area contributed by atoms with Crippen molar-refractivity contribution in [2.75, 3.05) is 13.6 Å². The Kier molecular flexibility index (Phi) is 4.24. The minimum absolute atomic E-state index is 0.686. The SMILES string of the molecule is CCC(CC)CC1(CNC)CCC1. The van der Waals surface area contributed by atoms with Gasteiger partial charge >= 0.3 is 0 Å². The van der Waals surface area contributed by atoms with Gasteiger partial charge in [0.25, 0.3) is 0 Å². The molecule has 0 unspecified atom stereocenters. The van der Waals surface area contributed by atoms with E-state index in [-0.39, 0.29) is 0 Å². The fourth-order valence-electron chi connectivity index (χ4n) is 2.69. The Labute approximate surface area is 83.3 Å². The van der Waals surface area contributed by atoms with Crippen LogP contribution in [0.15, 0.2) is 0 Å². The van der Waals surface area contributed by atoms with Crippen LogP contribution >= 0.6 is 0 Å². The van der Waals surface area contributed by atoms with Crippen LogP contribution in [0.4, 0.5) is 0 Å². The number of hydrogen-bond acceptors (Lipinski definition) is 1. The highest BCUT2D eigenvalue weighted by Crippen LogP contribution is 2.46. The minimum Gasteiger partial charge on any atom is -0.319 e. The average molecular weight is 183 g/mol. The first-order valence-electron chi connectivity index (χ1n) is 5.91. The molecule has 1 rings (SSSR count). The molecule has 0 saturated heterocycles. The highest BCUT2D eigenvalue weighted by Gasteiger charge is 2.37. The second-order valence-electron chi connectivity index (χ2n) is 4.77. The summed E-state index contributed by atoms with van der Waals surface area (Å²) >= 11 is 0. The lowest BCUT2D eigenvalue weighted by molar-refractivity contribution is 0.0913. The van der Waals surface area contributed by atoms with E-state index < -0.39 is 0 Å². The van der Waals surface area contributed by atoms with Crippen LogP contribution in [0.5, 0.6) is 0 Å². The maximum Gasteiger partial charge on any atom is 0.000490 e. The van der Waals surface area contributed by atoms with Gasteiger partial charge in [-0.05, 0) is 37.6 Å². The van der Waals surface area contributed by atoms with E-state index in [2.05, 4.69) is 26.2 Å². The van der Waals surface area contributed by atoms with Crippen LogP contribution < -0.4 is 5.32 Å². The zero-order valence-electron chi connectivity index (χ0n) is 9.53. The molecule has 13 heavy (non-hydrogen) atoms. The van der Waals surface area contributed by atoms with Crippen molar-refractivity contribution in [1.29, 1.82) is 0 Å². The van der Waals surface area contributed by atoms with Crippen molar-refractivity contribution in [3.05, 3.63) is 0 Å². The zero-order valence-corrected chi connectivity index (χ0v) is 9.53. The van der Waals surface area contributed by atoms with Crippen LogP contribution in [0.25, 0.3) is 0 Å². The zero-order chi connectivity index (χ0) is 9.73. The second kappa shape index (κ2) is 4.99. The molecule has 0 amide bonds. The van der Waals surface area contributed by atoms with Crippen molar-refractivity contribution < 1.29 is 0 Å². The first kappa shape index (κ1) is 11.0. The van der Waals surface area contributed by atoms with E-state index in [1.165, 1.54) is 45.1 Å². The van der Waals surface area contributed by atoms with Crippen molar-refractivity contribution >= 4 is 0 Å². The van der Waals surface area contributed by atoms with E-state index in [1.807, 2.05) is 0 Å². The van der Waals surface area contributed by atoms with Crippen LogP contribution in [0.3, 0.4) is 0 Å². The summed E-state index contributed by atoms with van der Waals surface area (Å²) in [6.07, 6.45) is 8.57. The molecule has 0 aromatic carbocycles. The van der Waals surface area contributed by atoms with Gasteiger partial charge in [-0.3, -0.25) is 0 Å². The largest absolute Gasteiger partial charge is 0.319 e. The van der Waals surface area contributed by atoms with E-state index in [1.54, 1.807) is 0 Å². The lowest BCUT2D eigenvalue weighted by atomic mass is 9.63. The summed E-state index contributed by atoms with van der Waals surface area (Å²) in [5, 5.41) is 3.36. The standard InChI is InChI=1S/C12H25N/c1-4-11(5-2)9-12(10-13-3)7-6-8-12/h11,13H,4-10H2,1-3H3. The van der Waals surface area contributed by atoms with E-state index in [0.717, 1.165) is 5.92 Å². The predicted octanol–water partition coefficient (Wildman–Crippen LogP) is 3.20. The molecule has 1 heteroatoms. The third kappa shape index (κ3) is 2.70. The lowest BCUT2D eigenvalue weighted by Gasteiger charge is -2.44. The van der Waals surface area contributed by atoms with Crippen molar-refractivity contribution in [2.45, 2.75) is 52.4 Å². The molecule has 1 N–H and O–H groups in total. The summed E-state index contributed by atoms with van der Waals surface area (Å²) in [7, 11) is 2.09. The van der Waals surface area contributed by atoms with Gasteiger partial charge in [0.05, 0.1) is 0 Å². The van der Waals surface area contributed by atoms with Gasteiger partial charge in [0.15, 0.2) is 0 Å². The molecule has 1 aliphatic carbocycles. The van der Waals surface area contributed by atoms with Gasteiger partial charge < -0.3 is 5.32 Å². The number of rotatable bonds is 6. The van der Waals surface area contributed by atoms with Crippen LogP contribution in [-0.2, 0) is 0 Å². The van der Waals surface area contributed by atoms with E-state index in [9.17, 15) is 0 Å². The predicted molar refractivity (Wildman–Crippen MR) is 58.9 cm³/mol. The molecule has 78 valence electrons. The molecular weight excluding hydrogens is 158 g/mol. The van der Waals surface area contributed by atoms with Gasteiger partial charge in [-0.25, -0.2) is 0 Å². The maximum absolute atomic E-state index is 3.36. The van der Waals surface area contributed by atoms with Gasteiger partial charge in [-0.15, -0.1) is 0 Å². The van der Waals surface area contributed by atoms with Gasteiger partial charge in [-0.1, -0.05) is 33.1 Å². The highest BCUT2D eigenvalue weighted by atomic mass is 14.8. The fourth-order valence-corrected chi connectivity index (χ4v) is 2.69. The Bertz CT molecular complexity index is 134. The molecule has 1 nitrogen and oxygen atoms in total. The average Bonchev–Trinajstić information content (AvgIpc) is 2.09. The summed E-state index contributed by atoms with van der Waals surface area (Å²) in [6.45, 7) is 5.91. The highest BCUT2D eigenvalue weighted by molar-refractivity contribution is 4.90. The molecule has 1 saturated carbocycles. The monoisotopic (exact) mass is 183 g/mol. The number of hydrogen-bond donors (Lipinski definition) is 1. The topological polar surface area (TPSA) is 12.0 Å². The third-order valence-corrected chi connectivity index (χ3v) is 3.84. The Morgan fingerprint density at radius 1 is 1.23 bits per heavy atom. The maximum atomic E-state index is 3.36. The Balaban J connectivity index is 2.37. The van der Waals surface area contributed by atoms with E-state index in [0.29, 0.717) is 5.41 Å². The molecule has 0 atom stereocenters.